The van der Waals surface area contributed by atoms with Crippen LogP contribution in [-0.2, 0) is 11.8 Å². The van der Waals surface area contributed by atoms with Crippen LogP contribution in [0, 0.1) is 0 Å². The van der Waals surface area contributed by atoms with E-state index in [1.165, 1.54) is 4.57 Å². The summed E-state index contributed by atoms with van der Waals surface area (Å²) in [5.41, 5.74) is 1.67. The van der Waals surface area contributed by atoms with Crippen molar-refractivity contribution in [2.75, 3.05) is 6.61 Å². The van der Waals surface area contributed by atoms with Crippen molar-refractivity contribution in [2.45, 2.75) is 25.7 Å². The van der Waals surface area contributed by atoms with E-state index in [0.29, 0.717) is 29.0 Å². The Kier molecular flexibility index (Phi) is 3.20. The van der Waals surface area contributed by atoms with Crippen LogP contribution in [0.1, 0.15) is 41.7 Å². The Bertz CT molecular complexity index is 756. The quantitative estimate of drug-likeness (QED) is 0.875. The predicted molar refractivity (Wildman–Crippen MR) is 79.2 cm³/mol. The van der Waals surface area contributed by atoms with Crippen LogP contribution < -0.4 is 5.56 Å². The van der Waals surface area contributed by atoms with Gasteiger partial charge in [0.15, 0.2) is 0 Å². The third-order valence-electron chi connectivity index (χ3n) is 3.57. The van der Waals surface area contributed by atoms with Gasteiger partial charge in [0.25, 0.3) is 5.56 Å². The molecular weight excluding hydrogens is 324 g/mol. The molecule has 0 radical (unpaired) electrons. The monoisotopic (exact) mass is 338 g/mol. The lowest BCUT2D eigenvalue weighted by Crippen LogP contribution is -2.16. The van der Waals surface area contributed by atoms with Crippen LogP contribution in [0.3, 0.4) is 0 Å². The molecular formula is C14H15BrN2O3. The second-order valence-electron chi connectivity index (χ2n) is 5.05. The van der Waals surface area contributed by atoms with Crippen molar-refractivity contribution in [1.82, 2.24) is 9.55 Å². The Balaban J connectivity index is 2.35. The van der Waals surface area contributed by atoms with Gasteiger partial charge in [-0.1, -0.05) is 0 Å². The number of nitrogens with zero attached hydrogens (tertiary/aromatic N) is 1. The lowest BCUT2D eigenvalue weighted by Gasteiger charge is -2.05. The van der Waals surface area contributed by atoms with Gasteiger partial charge in [0.2, 0.25) is 0 Å². The van der Waals surface area contributed by atoms with Gasteiger partial charge in [-0.15, -0.1) is 0 Å². The number of esters is 1. The van der Waals surface area contributed by atoms with E-state index in [2.05, 4.69) is 20.9 Å². The fraction of sp³-hybridized carbons (Fsp3) is 0.429. The van der Waals surface area contributed by atoms with Crippen LogP contribution in [-0.4, -0.2) is 22.1 Å². The zero-order valence-electron chi connectivity index (χ0n) is 11.3. The molecule has 3 rings (SSSR count). The highest BCUT2D eigenvalue weighted by Crippen LogP contribution is 2.44. The summed E-state index contributed by atoms with van der Waals surface area (Å²) >= 11 is 3.45. The fourth-order valence-corrected chi connectivity index (χ4v) is 3.19. The molecule has 0 amide bonds. The topological polar surface area (TPSA) is 64.1 Å². The molecule has 1 fully saturated rings. The lowest BCUT2D eigenvalue weighted by atomic mass is 10.1. The first-order valence-electron chi connectivity index (χ1n) is 6.62. The van der Waals surface area contributed by atoms with Crippen LogP contribution in [0.4, 0.5) is 0 Å². The van der Waals surface area contributed by atoms with Crippen molar-refractivity contribution in [2.24, 2.45) is 7.05 Å². The number of carbonyl (C=O) groups is 1. The minimum absolute atomic E-state index is 0.138. The van der Waals surface area contributed by atoms with Crippen LogP contribution in [0.25, 0.3) is 10.9 Å². The number of aromatic amines is 1. The van der Waals surface area contributed by atoms with E-state index in [-0.39, 0.29) is 11.5 Å². The summed E-state index contributed by atoms with van der Waals surface area (Å²) in [5.74, 6) is -0.0342. The summed E-state index contributed by atoms with van der Waals surface area (Å²) in [6.07, 6.45) is 3.76. The number of carbonyl (C=O) groups excluding carboxylic acids is 1. The van der Waals surface area contributed by atoms with Crippen molar-refractivity contribution in [3.8, 4) is 0 Å². The number of aryl methyl sites for hydroxylation is 1. The third kappa shape index (κ3) is 1.98. The van der Waals surface area contributed by atoms with E-state index >= 15 is 0 Å². The molecule has 5 nitrogen and oxygen atoms in total. The summed E-state index contributed by atoms with van der Waals surface area (Å²) in [5, 5.41) is 0.633. The normalized spacial score (nSPS) is 14.8. The minimum Gasteiger partial charge on any atom is -0.462 e. The molecule has 0 unspecified atom stereocenters. The number of H-pyrrole nitrogens is 1. The van der Waals surface area contributed by atoms with Crippen molar-refractivity contribution >= 4 is 32.8 Å². The highest BCUT2D eigenvalue weighted by Gasteiger charge is 2.33. The molecule has 20 heavy (non-hydrogen) atoms. The maximum atomic E-state index is 12.2. The van der Waals surface area contributed by atoms with E-state index < -0.39 is 0 Å². The van der Waals surface area contributed by atoms with Gasteiger partial charge < -0.3 is 14.3 Å². The Morgan fingerprint density at radius 3 is 2.85 bits per heavy atom. The molecule has 0 aromatic carbocycles. The van der Waals surface area contributed by atoms with Gasteiger partial charge in [0, 0.05) is 28.8 Å². The molecule has 1 N–H and O–H groups in total. The van der Waals surface area contributed by atoms with Crippen molar-refractivity contribution in [1.29, 1.82) is 0 Å². The van der Waals surface area contributed by atoms with Gasteiger partial charge in [-0.25, -0.2) is 4.79 Å². The Morgan fingerprint density at radius 1 is 1.55 bits per heavy atom. The number of hydrogen-bond acceptors (Lipinski definition) is 3. The second-order valence-corrected chi connectivity index (χ2v) is 5.91. The zero-order chi connectivity index (χ0) is 14.4. The zero-order valence-corrected chi connectivity index (χ0v) is 12.9. The molecule has 0 atom stereocenters. The average molecular weight is 339 g/mol. The lowest BCUT2D eigenvalue weighted by molar-refractivity contribution is 0.0527. The number of fused-ring (bicyclic) bond motifs is 1. The molecule has 1 aliphatic carbocycles. The summed E-state index contributed by atoms with van der Waals surface area (Å²) in [4.78, 5) is 27.6. The highest BCUT2D eigenvalue weighted by atomic mass is 79.9. The molecule has 6 heteroatoms. The highest BCUT2D eigenvalue weighted by molar-refractivity contribution is 9.10. The molecule has 106 valence electrons. The third-order valence-corrected chi connectivity index (χ3v) is 4.18. The Hall–Kier alpha value is -1.56. The summed E-state index contributed by atoms with van der Waals surface area (Å²) in [6.45, 7) is 2.09. The smallest absolute Gasteiger partial charge is 0.340 e. The van der Waals surface area contributed by atoms with E-state index in [0.717, 1.165) is 23.0 Å². The largest absolute Gasteiger partial charge is 0.462 e. The summed E-state index contributed by atoms with van der Waals surface area (Å²) < 4.78 is 7.37. The van der Waals surface area contributed by atoms with Crippen molar-refractivity contribution in [3.05, 3.63) is 32.3 Å². The van der Waals surface area contributed by atoms with Crippen molar-refractivity contribution in [3.63, 3.8) is 0 Å². The Labute approximate surface area is 124 Å². The maximum Gasteiger partial charge on any atom is 0.340 e. The van der Waals surface area contributed by atoms with Gasteiger partial charge in [0.1, 0.15) is 5.52 Å². The van der Waals surface area contributed by atoms with Crippen LogP contribution in [0.5, 0.6) is 0 Å². The number of hydrogen-bond donors (Lipinski definition) is 1. The molecule has 0 bridgehead atoms. The molecule has 0 saturated heterocycles. The minimum atomic E-state index is -0.366. The number of rotatable bonds is 3. The number of nitrogens with one attached hydrogen (secondary N) is 1. The Morgan fingerprint density at radius 2 is 2.25 bits per heavy atom. The number of halogens is 1. The van der Waals surface area contributed by atoms with Gasteiger partial charge >= 0.3 is 5.97 Å². The van der Waals surface area contributed by atoms with Gasteiger partial charge in [-0.2, -0.15) is 0 Å². The first-order valence-corrected chi connectivity index (χ1v) is 7.41. The van der Waals surface area contributed by atoms with E-state index in [4.69, 9.17) is 4.74 Å². The van der Waals surface area contributed by atoms with Gasteiger partial charge in [0.05, 0.1) is 12.2 Å². The number of pyridine rings is 1. The molecule has 2 heterocycles. The maximum absolute atomic E-state index is 12.2. The molecule has 2 aromatic heterocycles. The van der Waals surface area contributed by atoms with E-state index in [9.17, 15) is 9.59 Å². The molecule has 1 saturated carbocycles. The van der Waals surface area contributed by atoms with E-state index in [1.54, 1.807) is 20.2 Å². The van der Waals surface area contributed by atoms with Crippen LogP contribution in [0.15, 0.2) is 15.5 Å². The van der Waals surface area contributed by atoms with Crippen LogP contribution >= 0.6 is 15.9 Å². The average Bonchev–Trinajstić information content (AvgIpc) is 3.16. The standard InChI is InChI=1S/C14H15BrN2O3/c1-3-20-14(19)10-9-8(15)6-17(2)13(18)12(9)16-11(10)7-4-5-7/h6-7,16H,3-5H2,1-2H3. The molecule has 1 aliphatic rings. The second kappa shape index (κ2) is 4.77. The van der Waals surface area contributed by atoms with Crippen LogP contribution in [0.2, 0.25) is 0 Å². The first kappa shape index (κ1) is 13.4. The van der Waals surface area contributed by atoms with E-state index in [1.807, 2.05) is 0 Å². The summed E-state index contributed by atoms with van der Waals surface area (Å²) in [6, 6.07) is 0. The van der Waals surface area contributed by atoms with Gasteiger partial charge in [-0.05, 0) is 41.6 Å². The molecule has 2 aromatic rings. The SMILES string of the molecule is CCOC(=O)c1c(C2CC2)[nH]c2c(=O)n(C)cc(Br)c12. The van der Waals surface area contributed by atoms with Gasteiger partial charge in [-0.3, -0.25) is 4.79 Å². The van der Waals surface area contributed by atoms with Crippen molar-refractivity contribution < 1.29 is 9.53 Å². The predicted octanol–water partition coefficient (Wildman–Crippen LogP) is 2.68. The number of aromatic nitrogens is 2. The molecule has 0 aliphatic heterocycles. The fourth-order valence-electron chi connectivity index (χ4n) is 2.48. The first-order chi connectivity index (χ1) is 9.54. The number of ether oxygens (including phenoxy) is 1. The summed E-state index contributed by atoms with van der Waals surface area (Å²) in [7, 11) is 1.69. The molecule has 0 spiro atoms.